The van der Waals surface area contributed by atoms with Gasteiger partial charge in [0, 0.05) is 12.4 Å². The molecule has 0 N–H and O–H groups in total. The smallest absolute Gasteiger partial charge is 0.0968 e. The van der Waals surface area contributed by atoms with Crippen molar-refractivity contribution in [1.29, 1.82) is 0 Å². The summed E-state index contributed by atoms with van der Waals surface area (Å²) in [7, 11) is 0. The summed E-state index contributed by atoms with van der Waals surface area (Å²) in [5.74, 6) is -3.02. The number of carbonyl (C=O) groups is 2. The summed E-state index contributed by atoms with van der Waals surface area (Å²) >= 11 is 5.82. The van der Waals surface area contributed by atoms with Crippen LogP contribution in [0, 0.1) is 13.8 Å². The first-order chi connectivity index (χ1) is 7.34. The van der Waals surface area contributed by atoms with Crippen LogP contribution in [0.2, 0.25) is 5.02 Å². The minimum atomic E-state index is -1.54. The van der Waals surface area contributed by atoms with E-state index in [-0.39, 0.29) is 0 Å². The molecule has 1 aromatic heterocycles. The van der Waals surface area contributed by atoms with E-state index in [1.54, 1.807) is 13.8 Å². The van der Waals surface area contributed by atoms with Crippen molar-refractivity contribution in [3.05, 3.63) is 16.4 Å². The average molecular weight is 245 g/mol. The molecule has 0 amide bonds. The van der Waals surface area contributed by atoms with Crippen molar-refractivity contribution in [2.75, 3.05) is 0 Å². The van der Waals surface area contributed by atoms with Gasteiger partial charge in [0.1, 0.15) is 0 Å². The lowest BCUT2D eigenvalue weighted by Gasteiger charge is -2.20. The van der Waals surface area contributed by atoms with Gasteiger partial charge in [-0.2, -0.15) is 5.10 Å². The zero-order chi connectivity index (χ0) is 12.5. The first-order valence-corrected chi connectivity index (χ1v) is 4.84. The number of hydrogen-bond donors (Lipinski definition) is 0. The van der Waals surface area contributed by atoms with E-state index in [0.717, 1.165) is 4.68 Å². The van der Waals surface area contributed by atoms with Crippen LogP contribution < -0.4 is 10.2 Å². The lowest BCUT2D eigenvalue weighted by Crippen LogP contribution is -2.38. The fraction of sp³-hybridized carbons (Fsp3) is 0.444. The number of nitrogens with zero attached hydrogens (tertiary/aromatic N) is 2. The second-order valence-corrected chi connectivity index (χ2v) is 3.72. The molecule has 7 heteroatoms. The molecule has 1 atom stereocenters. The highest BCUT2D eigenvalue weighted by Crippen LogP contribution is 2.23. The van der Waals surface area contributed by atoms with Crippen molar-refractivity contribution in [2.45, 2.75) is 26.3 Å². The molecule has 16 heavy (non-hydrogen) atoms. The van der Waals surface area contributed by atoms with Gasteiger partial charge in [-0.05, 0) is 13.8 Å². The van der Waals surface area contributed by atoms with Gasteiger partial charge in [0.15, 0.2) is 0 Å². The van der Waals surface area contributed by atoms with E-state index in [4.69, 9.17) is 11.6 Å². The predicted molar refractivity (Wildman–Crippen MR) is 50.4 cm³/mol. The third-order valence-corrected chi connectivity index (χ3v) is 2.71. The molecule has 88 valence electrons. The van der Waals surface area contributed by atoms with E-state index < -0.39 is 24.4 Å². The Hall–Kier alpha value is -1.56. The molecule has 0 spiro atoms. The molecular weight excluding hydrogens is 236 g/mol. The van der Waals surface area contributed by atoms with E-state index in [0.29, 0.717) is 16.4 Å². The maximum Gasteiger partial charge on any atom is 0.0968 e. The summed E-state index contributed by atoms with van der Waals surface area (Å²) in [5, 5.41) is 25.4. The van der Waals surface area contributed by atoms with Crippen molar-refractivity contribution in [3.63, 3.8) is 0 Å². The highest BCUT2D eigenvalue weighted by atomic mass is 35.5. The highest BCUT2D eigenvalue weighted by Gasteiger charge is 2.19. The third kappa shape index (κ3) is 2.33. The fourth-order valence-corrected chi connectivity index (χ4v) is 1.50. The summed E-state index contributed by atoms with van der Waals surface area (Å²) in [6.45, 7) is 3.14. The molecule has 0 aliphatic rings. The molecule has 1 unspecified atom stereocenters. The zero-order valence-electron chi connectivity index (χ0n) is 8.69. The Bertz CT molecular complexity index is 441. The molecule has 0 radical (unpaired) electrons. The molecule has 0 bridgehead atoms. The van der Waals surface area contributed by atoms with Crippen LogP contribution in [0.3, 0.4) is 0 Å². The van der Waals surface area contributed by atoms with Gasteiger partial charge in [-0.25, -0.2) is 0 Å². The van der Waals surface area contributed by atoms with Crippen molar-refractivity contribution >= 4 is 23.5 Å². The number of carboxylic acids is 2. The first kappa shape index (κ1) is 12.5. The van der Waals surface area contributed by atoms with E-state index in [9.17, 15) is 19.8 Å². The molecule has 0 saturated heterocycles. The Kier molecular flexibility index (Phi) is 3.54. The number of halogens is 1. The number of rotatable bonds is 4. The van der Waals surface area contributed by atoms with Gasteiger partial charge in [-0.3, -0.25) is 4.68 Å². The molecule has 1 aromatic rings. The number of hydrogen-bond acceptors (Lipinski definition) is 5. The topological polar surface area (TPSA) is 98.1 Å². The fourth-order valence-electron chi connectivity index (χ4n) is 1.37. The van der Waals surface area contributed by atoms with Crippen molar-refractivity contribution in [1.82, 2.24) is 9.78 Å². The molecule has 0 aromatic carbocycles. The maximum absolute atomic E-state index is 10.8. The van der Waals surface area contributed by atoms with Gasteiger partial charge in [-0.15, -0.1) is 0 Å². The Labute approximate surface area is 96.4 Å². The van der Waals surface area contributed by atoms with Crippen molar-refractivity contribution in [3.8, 4) is 0 Å². The average Bonchev–Trinajstić information content (AvgIpc) is 2.42. The Balaban J connectivity index is 3.16. The lowest BCUT2D eigenvalue weighted by molar-refractivity contribution is -0.319. The van der Waals surface area contributed by atoms with E-state index in [2.05, 4.69) is 5.10 Å². The summed E-state index contributed by atoms with van der Waals surface area (Å²) in [4.78, 5) is 21.2. The monoisotopic (exact) mass is 244 g/mol. The summed E-state index contributed by atoms with van der Waals surface area (Å²) in [6.07, 6.45) is -0.708. The molecule has 1 rings (SSSR count). The van der Waals surface area contributed by atoms with E-state index in [1.807, 2.05) is 0 Å². The summed E-state index contributed by atoms with van der Waals surface area (Å²) < 4.78 is 1.03. The number of carboxylic acid groups (broad SMARTS) is 2. The maximum atomic E-state index is 10.8. The van der Waals surface area contributed by atoms with Crippen LogP contribution in [0.15, 0.2) is 0 Å². The van der Waals surface area contributed by atoms with Crippen LogP contribution in [0.25, 0.3) is 0 Å². The minimum Gasteiger partial charge on any atom is -0.550 e. The second-order valence-electron chi connectivity index (χ2n) is 3.34. The van der Waals surface area contributed by atoms with E-state index in [1.165, 1.54) is 0 Å². The van der Waals surface area contributed by atoms with Crippen LogP contribution in [-0.4, -0.2) is 21.7 Å². The lowest BCUT2D eigenvalue weighted by atomic mass is 10.2. The standard InChI is InChI=1S/C9H11ClN2O4/c1-4-8(10)5(2)12(11-4)6(9(15)16)3-7(13)14/h6H,3H2,1-2H3,(H,13,14)(H,15,16)/p-2. The molecular formula is C9H9ClN2O4-2. The van der Waals surface area contributed by atoms with Gasteiger partial charge in [0.2, 0.25) is 0 Å². The molecule has 0 saturated carbocycles. The van der Waals surface area contributed by atoms with Gasteiger partial charge in [0.25, 0.3) is 0 Å². The zero-order valence-corrected chi connectivity index (χ0v) is 9.45. The van der Waals surface area contributed by atoms with Gasteiger partial charge < -0.3 is 19.8 Å². The number of aliphatic carboxylic acids is 2. The van der Waals surface area contributed by atoms with Crippen LogP contribution in [0.4, 0.5) is 0 Å². The molecule has 0 aliphatic heterocycles. The summed E-state index contributed by atoms with van der Waals surface area (Å²) in [5.41, 5.74) is 0.818. The SMILES string of the molecule is Cc1nn(C(CC(=O)[O-])C(=O)[O-])c(C)c1Cl. The van der Waals surface area contributed by atoms with Gasteiger partial charge in [0.05, 0.1) is 28.4 Å². The van der Waals surface area contributed by atoms with Gasteiger partial charge in [-0.1, -0.05) is 11.6 Å². The van der Waals surface area contributed by atoms with Crippen LogP contribution in [-0.2, 0) is 9.59 Å². The molecule has 0 fully saturated rings. The normalized spacial score (nSPS) is 12.4. The minimum absolute atomic E-state index is 0.310. The van der Waals surface area contributed by atoms with Crippen LogP contribution in [0.1, 0.15) is 23.9 Å². The van der Waals surface area contributed by atoms with E-state index >= 15 is 0 Å². The number of aromatic nitrogens is 2. The highest BCUT2D eigenvalue weighted by molar-refractivity contribution is 6.31. The Morgan fingerprint density at radius 3 is 2.31 bits per heavy atom. The van der Waals surface area contributed by atoms with Crippen LogP contribution >= 0.6 is 11.6 Å². The van der Waals surface area contributed by atoms with Crippen LogP contribution in [0.5, 0.6) is 0 Å². The molecule has 1 heterocycles. The number of carbonyl (C=O) groups excluding carboxylic acids is 2. The van der Waals surface area contributed by atoms with Crippen molar-refractivity contribution in [2.24, 2.45) is 0 Å². The van der Waals surface area contributed by atoms with Gasteiger partial charge >= 0.3 is 0 Å². The quantitative estimate of drug-likeness (QED) is 0.648. The predicted octanol–water partition coefficient (Wildman–Crippen LogP) is -1.42. The second kappa shape index (κ2) is 4.52. The van der Waals surface area contributed by atoms with Crippen molar-refractivity contribution < 1.29 is 19.8 Å². The first-order valence-electron chi connectivity index (χ1n) is 4.46. The molecule has 6 nitrogen and oxygen atoms in total. The Morgan fingerprint density at radius 2 is 2.00 bits per heavy atom. The molecule has 0 aliphatic carbocycles. The largest absolute Gasteiger partial charge is 0.550 e. The summed E-state index contributed by atoms with van der Waals surface area (Å²) in [6, 6.07) is -1.41. The Morgan fingerprint density at radius 1 is 1.44 bits per heavy atom. The third-order valence-electron chi connectivity index (χ3n) is 2.16. The number of aryl methyl sites for hydroxylation is 1.